The van der Waals surface area contributed by atoms with Crippen LogP contribution in [0.15, 0.2) is 30.3 Å². The molecular weight excluding hydrogens is 1160 g/mol. The number of benzene rings is 1. The molecule has 0 N–H and O–H groups in total. The lowest BCUT2D eigenvalue weighted by Crippen LogP contribution is -2.70. The first-order valence-electron chi connectivity index (χ1n) is 17.7. The van der Waals surface area contributed by atoms with Crippen molar-refractivity contribution >= 4 is 7.26 Å². The lowest BCUT2D eigenvalue weighted by atomic mass is 9.93. The molecule has 0 saturated carbocycles. The Hall–Kier alpha value is -3.08. The van der Waals surface area contributed by atoms with Crippen LogP contribution in [0.3, 0.4) is 0 Å². The third kappa shape index (κ3) is 10.4. The fraction of sp³-hybridized carbons (Fsp3) is 0.812. The van der Waals surface area contributed by atoms with Crippen LogP contribution in [0.4, 0.5) is 171 Å². The largest absolute Gasteiger partial charge is 0.460 e. The average molecular weight is 1180 g/mol. The summed E-state index contributed by atoms with van der Waals surface area (Å²) in [5.41, 5.74) is -0.713. The molecule has 0 nitrogen and oxygen atoms in total. The SMILES string of the molecule is FC(F)(F)C(F)(F)C(F)(F)C(F)(F)C(F)(F)C(F)(F)CC[P+](CCc1ccccc1)(CCC(F)(F)C(F)(F)C(F)(F)C(F)(F)C(F)(F)C(F)(F)F)CCC(F)(F)C(F)(F)C(F)(F)C(F)(F)C(F)(F)C(F)(F)F. The molecule has 0 atom stereocenters. The van der Waals surface area contributed by atoms with Crippen LogP contribution in [-0.2, 0) is 6.42 Å². The van der Waals surface area contributed by atoms with Crippen molar-refractivity contribution in [2.75, 3.05) is 24.6 Å². The van der Waals surface area contributed by atoms with E-state index in [0.29, 0.717) is 12.1 Å². The van der Waals surface area contributed by atoms with Gasteiger partial charge in [-0.3, -0.25) is 0 Å². The molecule has 40 heteroatoms. The van der Waals surface area contributed by atoms with Crippen molar-refractivity contribution in [1.29, 1.82) is 0 Å². The zero-order valence-corrected chi connectivity index (χ0v) is 34.1. The third-order valence-corrected chi connectivity index (χ3v) is 15.1. The molecule has 0 saturated heterocycles. The van der Waals surface area contributed by atoms with Crippen LogP contribution in [0.25, 0.3) is 0 Å². The van der Waals surface area contributed by atoms with Crippen LogP contribution in [0.2, 0.25) is 0 Å². The van der Waals surface area contributed by atoms with Crippen LogP contribution in [-0.4, -0.2) is 132 Å². The minimum atomic E-state index is -8.86. The minimum Gasteiger partial charge on any atom is -0.199 e. The van der Waals surface area contributed by atoms with E-state index in [1.54, 1.807) is 0 Å². The van der Waals surface area contributed by atoms with Gasteiger partial charge in [-0.1, -0.05) is 30.3 Å². The summed E-state index contributed by atoms with van der Waals surface area (Å²) in [4.78, 5) is 0. The van der Waals surface area contributed by atoms with E-state index in [-0.39, 0.29) is 0 Å². The molecule has 0 aliphatic rings. The molecule has 1 aromatic carbocycles. The molecule has 0 aromatic heterocycles. The van der Waals surface area contributed by atoms with Gasteiger partial charge in [0.15, 0.2) is 0 Å². The van der Waals surface area contributed by atoms with E-state index in [4.69, 9.17) is 0 Å². The summed E-state index contributed by atoms with van der Waals surface area (Å²) in [6.45, 7) is 0. The van der Waals surface area contributed by atoms with Crippen molar-refractivity contribution in [2.24, 2.45) is 0 Å². The van der Waals surface area contributed by atoms with Gasteiger partial charge in [0, 0.05) is 13.7 Å². The van der Waals surface area contributed by atoms with Gasteiger partial charge < -0.3 is 0 Å². The van der Waals surface area contributed by atoms with Crippen LogP contribution in [0.1, 0.15) is 24.8 Å². The molecule has 0 heterocycles. The molecular formula is C32H21F39P+. The number of hydrogen-bond acceptors (Lipinski definition) is 0. The molecule has 0 unspecified atom stereocenters. The number of rotatable bonds is 24. The summed E-state index contributed by atoms with van der Waals surface area (Å²) in [6, 6.07) is 3.54. The Labute approximate surface area is 372 Å². The first kappa shape index (κ1) is 66.9. The first-order valence-corrected chi connectivity index (χ1v) is 20.2. The predicted molar refractivity (Wildman–Crippen MR) is 163 cm³/mol. The number of alkyl halides is 39. The van der Waals surface area contributed by atoms with Crippen LogP contribution < -0.4 is 0 Å². The van der Waals surface area contributed by atoms with Crippen molar-refractivity contribution in [3.8, 4) is 0 Å². The topological polar surface area (TPSA) is 0 Å². The molecule has 0 aliphatic heterocycles. The van der Waals surface area contributed by atoms with Gasteiger partial charge in [0.05, 0.1) is 43.9 Å². The predicted octanol–water partition coefficient (Wildman–Crippen LogP) is 16.6. The lowest BCUT2D eigenvalue weighted by Gasteiger charge is -2.41. The Morgan fingerprint density at radius 1 is 0.236 bits per heavy atom. The van der Waals surface area contributed by atoms with Gasteiger partial charge in [-0.2, -0.15) is 171 Å². The van der Waals surface area contributed by atoms with E-state index >= 15 is 26.3 Å². The minimum absolute atomic E-state index is 0.583. The van der Waals surface area contributed by atoms with Crippen molar-refractivity contribution in [2.45, 2.75) is 133 Å². The number of aryl methyl sites for hydroxylation is 1. The monoisotopic (exact) mass is 1180 g/mol. The number of halogens is 39. The molecule has 0 spiro atoms. The summed E-state index contributed by atoms with van der Waals surface area (Å²) in [5, 5.41) is 0. The Bertz CT molecular complexity index is 1780. The highest BCUT2D eigenvalue weighted by molar-refractivity contribution is 7.75. The van der Waals surface area contributed by atoms with Gasteiger partial charge in [-0.05, 0) is 5.56 Å². The van der Waals surface area contributed by atoms with E-state index in [9.17, 15) is 145 Å². The quantitative estimate of drug-likeness (QED) is 0.0715. The van der Waals surface area contributed by atoms with Crippen LogP contribution >= 0.6 is 7.26 Å². The van der Waals surface area contributed by atoms with Crippen molar-refractivity contribution < 1.29 is 171 Å². The lowest BCUT2D eigenvalue weighted by molar-refractivity contribution is -0.440. The number of hydrogen-bond donors (Lipinski definition) is 0. The highest BCUT2D eigenvalue weighted by Gasteiger charge is 2.93. The van der Waals surface area contributed by atoms with Crippen LogP contribution in [0, 0.1) is 0 Å². The molecule has 1 rings (SSSR count). The van der Waals surface area contributed by atoms with Crippen molar-refractivity contribution in [3.05, 3.63) is 35.9 Å². The first-order chi connectivity index (χ1) is 30.9. The smallest absolute Gasteiger partial charge is 0.199 e. The van der Waals surface area contributed by atoms with E-state index in [2.05, 4.69) is 0 Å². The zero-order chi connectivity index (χ0) is 58.3. The summed E-state index contributed by atoms with van der Waals surface area (Å²) >= 11 is 0. The molecule has 0 bridgehead atoms. The fourth-order valence-electron chi connectivity index (χ4n) is 5.69. The van der Waals surface area contributed by atoms with E-state index in [1.165, 1.54) is 0 Å². The summed E-state index contributed by atoms with van der Waals surface area (Å²) in [7, 11) is -6.34. The standard InChI is InChI=1S/C32H21F39P/c33-15(34,18(39,40)21(45,46)24(51,52)27(57,58)30(63,64)65)7-11-72(10-6-14-4-2-1-3-5-14,12-8-16(35,36)19(41,42)22(47,48)25(53,54)28(59,60)31(66,67)68)13-9-17(37,38)20(43,44)23(49,50)26(55,56)29(61,62)32(69,70)71/h1-5H,6-13H2/q+1. The highest BCUT2D eigenvalue weighted by atomic mass is 31.2. The fourth-order valence-corrected chi connectivity index (χ4v) is 10.0. The molecule has 72 heavy (non-hydrogen) atoms. The Kier molecular flexibility index (Phi) is 17.6. The molecule has 426 valence electrons. The Balaban J connectivity index is 4.38. The molecule has 0 fully saturated rings. The highest BCUT2D eigenvalue weighted by Crippen LogP contribution is 2.69. The van der Waals surface area contributed by atoms with E-state index in [0.717, 1.165) is 18.2 Å². The van der Waals surface area contributed by atoms with E-state index in [1.807, 2.05) is 0 Å². The Morgan fingerprint density at radius 2 is 0.431 bits per heavy atom. The summed E-state index contributed by atoms with van der Waals surface area (Å²) < 4.78 is 540. The van der Waals surface area contributed by atoms with Gasteiger partial charge in [-0.25, -0.2) is 0 Å². The van der Waals surface area contributed by atoms with Crippen LogP contribution in [0.5, 0.6) is 0 Å². The van der Waals surface area contributed by atoms with Gasteiger partial charge >= 0.3 is 107 Å². The van der Waals surface area contributed by atoms with E-state index < -0.39 is 171 Å². The van der Waals surface area contributed by atoms with Gasteiger partial charge in [-0.15, -0.1) is 0 Å². The summed E-state index contributed by atoms with van der Waals surface area (Å²) in [6.07, 6.45) is -49.9. The molecule has 0 radical (unpaired) electrons. The maximum absolute atomic E-state index is 15.0. The second-order valence-electron chi connectivity index (χ2n) is 15.2. The zero-order valence-electron chi connectivity index (χ0n) is 33.2. The van der Waals surface area contributed by atoms with Gasteiger partial charge in [0.2, 0.25) is 0 Å². The maximum atomic E-state index is 15.0. The van der Waals surface area contributed by atoms with Crippen molar-refractivity contribution in [1.82, 2.24) is 0 Å². The molecule has 1 aromatic rings. The Morgan fingerprint density at radius 3 is 0.625 bits per heavy atom. The molecule has 0 amide bonds. The van der Waals surface area contributed by atoms with Crippen molar-refractivity contribution in [3.63, 3.8) is 0 Å². The molecule has 0 aliphatic carbocycles. The second kappa shape index (κ2) is 18.9. The van der Waals surface area contributed by atoms with Gasteiger partial charge in [0.25, 0.3) is 0 Å². The normalized spacial score (nSPS) is 16.4. The maximum Gasteiger partial charge on any atom is 0.460 e. The average Bonchev–Trinajstić information content (AvgIpc) is 3.18. The summed E-state index contributed by atoms with van der Waals surface area (Å²) in [5.74, 6) is -127. The van der Waals surface area contributed by atoms with Gasteiger partial charge in [0.1, 0.15) is 0 Å². The third-order valence-electron chi connectivity index (χ3n) is 10.4. The second-order valence-corrected chi connectivity index (χ2v) is 19.7.